The molecule has 8 heteroatoms. The van der Waals surface area contributed by atoms with Gasteiger partial charge in [-0.25, -0.2) is 4.98 Å². The first kappa shape index (κ1) is 13.7. The molecule has 2 aromatic rings. The zero-order chi connectivity index (χ0) is 13.5. The third-order valence-electron chi connectivity index (χ3n) is 2.19. The van der Waals surface area contributed by atoms with Crippen molar-refractivity contribution in [3.05, 3.63) is 40.1 Å². The van der Waals surface area contributed by atoms with E-state index in [1.807, 2.05) is 0 Å². The zero-order valence-electron chi connectivity index (χ0n) is 8.47. The van der Waals surface area contributed by atoms with E-state index in [9.17, 15) is 13.2 Å². The molecule has 2 rings (SSSR count). The molecular formula is C10H4BrCl2F3N2. The highest BCUT2D eigenvalue weighted by Crippen LogP contribution is 2.40. The smallest absolute Gasteiger partial charge is 0.266 e. The lowest BCUT2D eigenvalue weighted by Gasteiger charge is -2.11. The highest BCUT2D eigenvalue weighted by molar-refractivity contribution is 9.08. The van der Waals surface area contributed by atoms with Crippen molar-refractivity contribution in [2.75, 3.05) is 0 Å². The standard InChI is InChI=1S/C10H4BrCl2F3N2/c11-18-2-1-17-9(18)8-6(12)3-5(4-7(8)13)10(14,15)16/h1-4H. The highest BCUT2D eigenvalue weighted by Gasteiger charge is 2.32. The SMILES string of the molecule is FC(F)(F)c1cc(Cl)c(-c2nccn2Br)c(Cl)c1. The molecule has 0 N–H and O–H groups in total. The number of imidazole rings is 1. The summed E-state index contributed by atoms with van der Waals surface area (Å²) in [4.78, 5) is 3.97. The molecule has 1 aromatic heterocycles. The zero-order valence-corrected chi connectivity index (χ0v) is 11.6. The molecule has 0 saturated carbocycles. The van der Waals surface area contributed by atoms with E-state index in [2.05, 4.69) is 21.1 Å². The summed E-state index contributed by atoms with van der Waals surface area (Å²) in [6.45, 7) is 0. The molecule has 1 aromatic carbocycles. The van der Waals surface area contributed by atoms with E-state index in [0.29, 0.717) is 5.82 Å². The second kappa shape index (κ2) is 4.75. The van der Waals surface area contributed by atoms with Crippen LogP contribution >= 0.6 is 39.3 Å². The maximum atomic E-state index is 12.6. The summed E-state index contributed by atoms with van der Waals surface area (Å²) < 4.78 is 39.1. The van der Waals surface area contributed by atoms with Crippen LogP contribution in [0.5, 0.6) is 0 Å². The average molecular weight is 360 g/mol. The topological polar surface area (TPSA) is 17.8 Å². The Morgan fingerprint density at radius 3 is 2.11 bits per heavy atom. The molecule has 0 amide bonds. The highest BCUT2D eigenvalue weighted by atomic mass is 79.9. The van der Waals surface area contributed by atoms with Crippen molar-refractivity contribution >= 4 is 39.3 Å². The van der Waals surface area contributed by atoms with E-state index < -0.39 is 11.7 Å². The van der Waals surface area contributed by atoms with E-state index in [1.54, 1.807) is 6.20 Å². The molecular weight excluding hydrogens is 356 g/mol. The van der Waals surface area contributed by atoms with Crippen molar-refractivity contribution in [1.29, 1.82) is 0 Å². The first-order valence-corrected chi connectivity index (χ1v) is 6.03. The number of alkyl halides is 3. The Kier molecular flexibility index (Phi) is 3.62. The lowest BCUT2D eigenvalue weighted by atomic mass is 10.1. The largest absolute Gasteiger partial charge is 0.416 e. The molecule has 2 nitrogen and oxygen atoms in total. The van der Waals surface area contributed by atoms with Crippen molar-refractivity contribution in [3.63, 3.8) is 0 Å². The summed E-state index contributed by atoms with van der Waals surface area (Å²) in [5.74, 6) is 0.332. The Hall–Kier alpha value is -0.720. The van der Waals surface area contributed by atoms with Gasteiger partial charge >= 0.3 is 6.18 Å². The molecule has 0 spiro atoms. The van der Waals surface area contributed by atoms with Gasteiger partial charge in [0, 0.05) is 12.4 Å². The van der Waals surface area contributed by atoms with Gasteiger partial charge in [-0.15, -0.1) is 0 Å². The van der Waals surface area contributed by atoms with Crippen LogP contribution in [0.1, 0.15) is 5.56 Å². The van der Waals surface area contributed by atoms with E-state index in [1.165, 1.54) is 9.79 Å². The fraction of sp³-hybridized carbons (Fsp3) is 0.100. The fourth-order valence-electron chi connectivity index (χ4n) is 1.41. The maximum Gasteiger partial charge on any atom is 0.416 e. The van der Waals surface area contributed by atoms with E-state index >= 15 is 0 Å². The minimum atomic E-state index is -4.49. The predicted molar refractivity (Wildman–Crippen MR) is 67.0 cm³/mol. The van der Waals surface area contributed by atoms with Crippen LogP contribution in [0.25, 0.3) is 11.4 Å². The van der Waals surface area contributed by atoms with Crippen molar-refractivity contribution in [2.45, 2.75) is 6.18 Å². The number of nitrogens with zero attached hydrogens (tertiary/aromatic N) is 2. The molecule has 0 bridgehead atoms. The molecule has 0 aliphatic heterocycles. The van der Waals surface area contributed by atoms with Gasteiger partial charge in [-0.2, -0.15) is 13.2 Å². The third-order valence-corrected chi connectivity index (χ3v) is 3.36. The van der Waals surface area contributed by atoms with E-state index in [-0.39, 0.29) is 15.6 Å². The number of hydrogen-bond donors (Lipinski definition) is 0. The van der Waals surface area contributed by atoms with Crippen LogP contribution in [-0.4, -0.2) is 8.58 Å². The average Bonchev–Trinajstić information content (AvgIpc) is 2.62. The lowest BCUT2D eigenvalue weighted by Crippen LogP contribution is -2.05. The monoisotopic (exact) mass is 358 g/mol. The number of hydrogen-bond acceptors (Lipinski definition) is 1. The summed E-state index contributed by atoms with van der Waals surface area (Å²) in [5, 5.41) is -0.219. The Balaban J connectivity index is 2.62. The molecule has 0 atom stereocenters. The van der Waals surface area contributed by atoms with Crippen LogP contribution < -0.4 is 0 Å². The molecule has 0 radical (unpaired) electrons. The van der Waals surface area contributed by atoms with Gasteiger partial charge in [-0.05, 0) is 12.1 Å². The van der Waals surface area contributed by atoms with Crippen LogP contribution in [0.2, 0.25) is 10.0 Å². The number of aromatic nitrogens is 2. The van der Waals surface area contributed by atoms with Gasteiger partial charge in [-0.3, -0.25) is 3.59 Å². The quantitative estimate of drug-likeness (QED) is 0.697. The van der Waals surface area contributed by atoms with Crippen molar-refractivity contribution in [3.8, 4) is 11.4 Å². The lowest BCUT2D eigenvalue weighted by molar-refractivity contribution is -0.137. The Labute approximate surface area is 119 Å². The van der Waals surface area contributed by atoms with Crippen LogP contribution in [0.3, 0.4) is 0 Å². The number of halogens is 6. The number of benzene rings is 1. The third kappa shape index (κ3) is 2.50. The molecule has 18 heavy (non-hydrogen) atoms. The van der Waals surface area contributed by atoms with Gasteiger partial charge in [0.15, 0.2) is 5.82 Å². The Morgan fingerprint density at radius 1 is 1.17 bits per heavy atom. The summed E-state index contributed by atoms with van der Waals surface area (Å²) in [7, 11) is 0. The Morgan fingerprint density at radius 2 is 1.72 bits per heavy atom. The van der Waals surface area contributed by atoms with Gasteiger partial charge in [-0.1, -0.05) is 23.2 Å². The minimum Gasteiger partial charge on any atom is -0.266 e. The predicted octanol–water partition coefficient (Wildman–Crippen LogP) is 5.03. The van der Waals surface area contributed by atoms with Crippen LogP contribution in [0.15, 0.2) is 24.5 Å². The molecule has 96 valence electrons. The molecule has 0 aliphatic carbocycles. The summed E-state index contributed by atoms with van der Waals surface area (Å²) in [6, 6.07) is 1.65. The second-order valence-corrected chi connectivity index (χ2v) is 4.95. The van der Waals surface area contributed by atoms with Crippen LogP contribution in [-0.2, 0) is 6.18 Å². The normalized spacial score (nSPS) is 11.9. The molecule has 0 saturated heterocycles. The number of rotatable bonds is 1. The maximum absolute atomic E-state index is 12.6. The van der Waals surface area contributed by atoms with Crippen molar-refractivity contribution < 1.29 is 13.2 Å². The van der Waals surface area contributed by atoms with E-state index in [4.69, 9.17) is 23.2 Å². The van der Waals surface area contributed by atoms with Crippen molar-refractivity contribution in [2.24, 2.45) is 0 Å². The van der Waals surface area contributed by atoms with Gasteiger partial charge in [0.05, 0.1) is 37.3 Å². The molecule has 0 aliphatic rings. The molecule has 1 heterocycles. The summed E-state index contributed by atoms with van der Waals surface area (Å²) >= 11 is 14.8. The van der Waals surface area contributed by atoms with Gasteiger partial charge in [0.2, 0.25) is 0 Å². The summed E-state index contributed by atoms with van der Waals surface area (Å²) in [5.41, 5.74) is -0.651. The van der Waals surface area contributed by atoms with Gasteiger partial charge in [0.1, 0.15) is 0 Å². The molecule has 0 fully saturated rings. The van der Waals surface area contributed by atoms with Crippen LogP contribution in [0, 0.1) is 0 Å². The minimum absolute atomic E-state index is 0.110. The van der Waals surface area contributed by atoms with Gasteiger partial charge < -0.3 is 0 Å². The first-order chi connectivity index (χ1) is 8.30. The summed E-state index contributed by atoms with van der Waals surface area (Å²) in [6.07, 6.45) is -1.45. The Bertz CT molecular complexity index is 572. The van der Waals surface area contributed by atoms with E-state index in [0.717, 1.165) is 12.1 Å². The first-order valence-electron chi connectivity index (χ1n) is 4.57. The molecule has 0 unspecified atom stereocenters. The second-order valence-electron chi connectivity index (χ2n) is 3.37. The van der Waals surface area contributed by atoms with Gasteiger partial charge in [0.25, 0.3) is 0 Å². The fourth-order valence-corrected chi connectivity index (χ4v) is 2.44. The van der Waals surface area contributed by atoms with Crippen LogP contribution in [0.4, 0.5) is 13.2 Å². The van der Waals surface area contributed by atoms with Crippen molar-refractivity contribution in [1.82, 2.24) is 8.58 Å².